The largest absolute Gasteiger partial charge is 0.378 e. The molecule has 0 aromatic carbocycles. The van der Waals surface area contributed by atoms with Gasteiger partial charge in [-0.15, -0.1) is 0 Å². The predicted molar refractivity (Wildman–Crippen MR) is 89.4 cm³/mol. The van der Waals surface area contributed by atoms with Gasteiger partial charge in [-0.2, -0.15) is 0 Å². The molecule has 2 amide bonds. The predicted octanol–water partition coefficient (Wildman–Crippen LogP) is 1.03. The van der Waals surface area contributed by atoms with Gasteiger partial charge in [-0.3, -0.25) is 14.6 Å². The number of aromatic nitrogens is 1. The Hall–Kier alpha value is -1.95. The van der Waals surface area contributed by atoms with Crippen molar-refractivity contribution in [2.24, 2.45) is 5.92 Å². The molecule has 0 spiro atoms. The number of carbonyl (C=O) groups is 2. The molecular weight excluding hydrogens is 306 g/mol. The van der Waals surface area contributed by atoms with E-state index in [4.69, 9.17) is 4.74 Å². The van der Waals surface area contributed by atoms with Crippen molar-refractivity contribution < 1.29 is 14.3 Å². The Kier molecular flexibility index (Phi) is 5.45. The van der Waals surface area contributed by atoms with Crippen molar-refractivity contribution in [2.75, 3.05) is 39.4 Å². The minimum atomic E-state index is 0.0451. The fourth-order valence-corrected chi connectivity index (χ4v) is 3.38. The Morgan fingerprint density at radius 2 is 1.88 bits per heavy atom. The van der Waals surface area contributed by atoms with Gasteiger partial charge >= 0.3 is 0 Å². The smallest absolute Gasteiger partial charge is 0.228 e. The van der Waals surface area contributed by atoms with Gasteiger partial charge in [0.2, 0.25) is 11.8 Å². The Labute approximate surface area is 142 Å². The molecule has 3 rings (SSSR count). The zero-order valence-corrected chi connectivity index (χ0v) is 14.2. The van der Waals surface area contributed by atoms with Crippen LogP contribution < -0.4 is 0 Å². The van der Waals surface area contributed by atoms with Crippen molar-refractivity contribution in [2.45, 2.75) is 26.2 Å². The van der Waals surface area contributed by atoms with E-state index in [0.717, 1.165) is 24.1 Å². The standard InChI is InChI=1S/C18H25N3O3/c1-14-3-2-6-19-16(14)13-17(22)20-7-4-15(5-8-20)18(23)21-9-11-24-12-10-21/h2-3,6,15H,4-5,7-13H2,1H3. The maximum absolute atomic E-state index is 12.5. The van der Waals surface area contributed by atoms with E-state index in [0.29, 0.717) is 45.8 Å². The van der Waals surface area contributed by atoms with Crippen LogP contribution in [0.4, 0.5) is 0 Å². The molecule has 2 aliphatic heterocycles. The highest BCUT2D eigenvalue weighted by molar-refractivity contribution is 5.81. The summed E-state index contributed by atoms with van der Waals surface area (Å²) in [5.41, 5.74) is 1.89. The number of ether oxygens (including phenoxy) is 1. The minimum Gasteiger partial charge on any atom is -0.378 e. The summed E-state index contributed by atoms with van der Waals surface area (Å²) in [6, 6.07) is 3.86. The molecule has 1 aromatic heterocycles. The molecule has 0 radical (unpaired) electrons. The van der Waals surface area contributed by atoms with Crippen LogP contribution in [0.1, 0.15) is 24.1 Å². The molecule has 0 saturated carbocycles. The lowest BCUT2D eigenvalue weighted by molar-refractivity contribution is -0.143. The van der Waals surface area contributed by atoms with E-state index in [1.807, 2.05) is 28.9 Å². The normalized spacial score (nSPS) is 19.4. The first-order valence-corrected chi connectivity index (χ1v) is 8.70. The van der Waals surface area contributed by atoms with E-state index in [2.05, 4.69) is 4.98 Å². The van der Waals surface area contributed by atoms with Crippen molar-refractivity contribution in [1.29, 1.82) is 0 Å². The van der Waals surface area contributed by atoms with Gasteiger partial charge < -0.3 is 14.5 Å². The Morgan fingerprint density at radius 3 is 2.54 bits per heavy atom. The number of likely N-dealkylation sites (tertiary alicyclic amines) is 1. The van der Waals surface area contributed by atoms with Gasteiger partial charge in [0, 0.05) is 38.3 Å². The van der Waals surface area contributed by atoms with Crippen LogP contribution in [-0.4, -0.2) is 66.0 Å². The molecule has 6 heteroatoms. The quantitative estimate of drug-likeness (QED) is 0.830. The maximum atomic E-state index is 12.5. The third-order valence-corrected chi connectivity index (χ3v) is 4.96. The Balaban J connectivity index is 1.50. The molecule has 2 aliphatic rings. The number of hydrogen-bond donors (Lipinski definition) is 0. The molecule has 2 fully saturated rings. The van der Waals surface area contributed by atoms with Gasteiger partial charge in [0.05, 0.1) is 25.3 Å². The van der Waals surface area contributed by atoms with Gasteiger partial charge in [0.25, 0.3) is 0 Å². The number of piperidine rings is 1. The van der Waals surface area contributed by atoms with E-state index in [-0.39, 0.29) is 17.7 Å². The highest BCUT2D eigenvalue weighted by atomic mass is 16.5. The molecule has 130 valence electrons. The van der Waals surface area contributed by atoms with Crippen molar-refractivity contribution in [1.82, 2.24) is 14.8 Å². The van der Waals surface area contributed by atoms with Crippen molar-refractivity contribution in [3.8, 4) is 0 Å². The van der Waals surface area contributed by atoms with Gasteiger partial charge in [-0.05, 0) is 31.4 Å². The van der Waals surface area contributed by atoms with Gasteiger partial charge in [-0.1, -0.05) is 6.07 Å². The summed E-state index contributed by atoms with van der Waals surface area (Å²) in [5, 5.41) is 0. The summed E-state index contributed by atoms with van der Waals surface area (Å²) >= 11 is 0. The van der Waals surface area contributed by atoms with Gasteiger partial charge in [-0.25, -0.2) is 0 Å². The molecule has 0 aliphatic carbocycles. The number of rotatable bonds is 3. The van der Waals surface area contributed by atoms with Crippen molar-refractivity contribution >= 4 is 11.8 Å². The van der Waals surface area contributed by atoms with Crippen molar-refractivity contribution in [3.05, 3.63) is 29.6 Å². The van der Waals surface area contributed by atoms with E-state index < -0.39 is 0 Å². The fourth-order valence-electron chi connectivity index (χ4n) is 3.38. The summed E-state index contributed by atoms with van der Waals surface area (Å²) in [7, 11) is 0. The number of aryl methyl sites for hydroxylation is 1. The summed E-state index contributed by atoms with van der Waals surface area (Å²) < 4.78 is 5.30. The topological polar surface area (TPSA) is 62.7 Å². The summed E-state index contributed by atoms with van der Waals surface area (Å²) in [6.45, 7) is 5.94. The lowest BCUT2D eigenvalue weighted by Gasteiger charge is -2.35. The number of pyridine rings is 1. The van der Waals surface area contributed by atoms with E-state index >= 15 is 0 Å². The molecule has 6 nitrogen and oxygen atoms in total. The first-order chi connectivity index (χ1) is 11.6. The molecule has 0 atom stereocenters. The Bertz CT molecular complexity index is 591. The average Bonchev–Trinajstić information content (AvgIpc) is 2.64. The lowest BCUT2D eigenvalue weighted by atomic mass is 9.94. The number of amides is 2. The molecule has 1 aromatic rings. The summed E-state index contributed by atoms with van der Waals surface area (Å²) in [6.07, 6.45) is 3.57. The molecule has 2 saturated heterocycles. The van der Waals surface area contributed by atoms with Gasteiger partial charge in [0.15, 0.2) is 0 Å². The van der Waals surface area contributed by atoms with Crippen LogP contribution >= 0.6 is 0 Å². The first-order valence-electron chi connectivity index (χ1n) is 8.70. The van der Waals surface area contributed by atoms with Crippen LogP contribution in [0.2, 0.25) is 0 Å². The second-order valence-corrected chi connectivity index (χ2v) is 6.54. The zero-order valence-electron chi connectivity index (χ0n) is 14.2. The van der Waals surface area contributed by atoms with Crippen molar-refractivity contribution in [3.63, 3.8) is 0 Å². The summed E-state index contributed by atoms with van der Waals surface area (Å²) in [5.74, 6) is 0.378. The molecule has 3 heterocycles. The highest BCUT2D eigenvalue weighted by Crippen LogP contribution is 2.21. The zero-order chi connectivity index (χ0) is 16.9. The molecule has 0 bridgehead atoms. The molecular formula is C18H25N3O3. The van der Waals surface area contributed by atoms with Crippen LogP contribution in [0.5, 0.6) is 0 Å². The van der Waals surface area contributed by atoms with E-state index in [1.54, 1.807) is 6.20 Å². The van der Waals surface area contributed by atoms with E-state index in [9.17, 15) is 9.59 Å². The van der Waals surface area contributed by atoms with Gasteiger partial charge in [0.1, 0.15) is 0 Å². The maximum Gasteiger partial charge on any atom is 0.228 e. The highest BCUT2D eigenvalue weighted by Gasteiger charge is 2.30. The SMILES string of the molecule is Cc1cccnc1CC(=O)N1CCC(C(=O)N2CCOCC2)CC1. The monoisotopic (exact) mass is 331 g/mol. The molecule has 0 N–H and O–H groups in total. The number of carbonyl (C=O) groups excluding carboxylic acids is 2. The fraction of sp³-hybridized carbons (Fsp3) is 0.611. The lowest BCUT2D eigenvalue weighted by Crippen LogP contribution is -2.47. The van der Waals surface area contributed by atoms with Crippen LogP contribution in [-0.2, 0) is 20.7 Å². The number of morpholine rings is 1. The van der Waals surface area contributed by atoms with Crippen LogP contribution in [0.15, 0.2) is 18.3 Å². The number of nitrogens with zero attached hydrogens (tertiary/aromatic N) is 3. The molecule has 24 heavy (non-hydrogen) atoms. The van der Waals surface area contributed by atoms with Crippen LogP contribution in [0.3, 0.4) is 0 Å². The van der Waals surface area contributed by atoms with Crippen LogP contribution in [0.25, 0.3) is 0 Å². The average molecular weight is 331 g/mol. The Morgan fingerprint density at radius 1 is 1.17 bits per heavy atom. The van der Waals surface area contributed by atoms with E-state index in [1.165, 1.54) is 0 Å². The minimum absolute atomic E-state index is 0.0451. The second-order valence-electron chi connectivity index (χ2n) is 6.54. The molecule has 0 unspecified atom stereocenters. The van der Waals surface area contributed by atoms with Crippen LogP contribution in [0, 0.1) is 12.8 Å². The summed E-state index contributed by atoms with van der Waals surface area (Å²) in [4.78, 5) is 33.1. The first kappa shape index (κ1) is 16.9. The third kappa shape index (κ3) is 3.93. The third-order valence-electron chi connectivity index (χ3n) is 4.96. The number of hydrogen-bond acceptors (Lipinski definition) is 4. The second kappa shape index (κ2) is 7.75.